The molecule has 3 aromatic rings. The molecule has 1 aliphatic carbocycles. The lowest BCUT2D eigenvalue weighted by Crippen LogP contribution is -2.38. The number of carbonyl (C=O) groups is 2. The largest absolute Gasteiger partial charge is 0.384 e. The molecule has 1 amide bonds. The highest BCUT2D eigenvalue weighted by atomic mass is 32.2. The number of Topliss-reactive ketones (excluding diaryl/α,β-unsaturated/α-hetero) is 1. The minimum absolute atomic E-state index is 0.00138. The topological polar surface area (TPSA) is 125 Å². The van der Waals surface area contributed by atoms with Crippen LogP contribution < -0.4 is 16.0 Å². The minimum Gasteiger partial charge on any atom is -0.384 e. The van der Waals surface area contributed by atoms with Crippen LogP contribution in [0.2, 0.25) is 0 Å². The molecular formula is C29H27FN6O2S2. The Kier molecular flexibility index (Phi) is 8.00. The van der Waals surface area contributed by atoms with Crippen LogP contribution in [0.5, 0.6) is 0 Å². The molecule has 0 fully saturated rings. The van der Waals surface area contributed by atoms with Crippen LogP contribution in [0.4, 0.5) is 15.2 Å². The fraction of sp³-hybridized carbons (Fsp3) is 0.276. The summed E-state index contributed by atoms with van der Waals surface area (Å²) in [6, 6.07) is 16.2. The van der Waals surface area contributed by atoms with Gasteiger partial charge in [0.15, 0.2) is 10.1 Å². The summed E-state index contributed by atoms with van der Waals surface area (Å²) in [6.45, 7) is 4.23. The van der Waals surface area contributed by atoms with Crippen LogP contribution in [0, 0.1) is 17.1 Å². The van der Waals surface area contributed by atoms with Crippen molar-refractivity contribution in [2.24, 2.45) is 5.73 Å². The summed E-state index contributed by atoms with van der Waals surface area (Å²) in [5.41, 5.74) is 10.3. The van der Waals surface area contributed by atoms with Crippen molar-refractivity contribution < 1.29 is 14.0 Å². The van der Waals surface area contributed by atoms with E-state index in [0.717, 1.165) is 23.0 Å². The number of para-hydroxylation sites is 1. The number of rotatable bonds is 7. The van der Waals surface area contributed by atoms with Gasteiger partial charge in [-0.2, -0.15) is 5.26 Å². The maximum atomic E-state index is 13.9. The van der Waals surface area contributed by atoms with E-state index in [1.165, 1.54) is 29.0 Å². The van der Waals surface area contributed by atoms with Crippen molar-refractivity contribution in [3.05, 3.63) is 88.1 Å². The number of thioether (sulfide) groups is 1. The summed E-state index contributed by atoms with van der Waals surface area (Å²) in [5, 5.41) is 21.7. The second-order valence-corrected chi connectivity index (χ2v) is 12.0. The molecule has 0 saturated carbocycles. The summed E-state index contributed by atoms with van der Waals surface area (Å²) in [4.78, 5) is 27.4. The second-order valence-electron chi connectivity index (χ2n) is 9.80. The number of benzene rings is 2. The van der Waals surface area contributed by atoms with Gasteiger partial charge in [0.2, 0.25) is 11.0 Å². The molecule has 11 heteroatoms. The number of hydrogen-bond acceptors (Lipinski definition) is 9. The number of nitrogens with zero attached hydrogens (tertiary/aromatic N) is 4. The quantitative estimate of drug-likeness (QED) is 0.338. The number of halogens is 1. The summed E-state index contributed by atoms with van der Waals surface area (Å²) >= 11 is 2.37. The molecule has 2 aliphatic rings. The van der Waals surface area contributed by atoms with Crippen molar-refractivity contribution in [3.63, 3.8) is 0 Å². The molecule has 1 atom stereocenters. The molecule has 2 heterocycles. The molecular weight excluding hydrogens is 547 g/mol. The molecule has 8 nitrogen and oxygen atoms in total. The number of nitrogens with one attached hydrogen (secondary N) is 1. The van der Waals surface area contributed by atoms with Crippen molar-refractivity contribution in [1.29, 1.82) is 5.26 Å². The lowest BCUT2D eigenvalue weighted by atomic mass is 9.75. The predicted octanol–water partition coefficient (Wildman–Crippen LogP) is 5.84. The van der Waals surface area contributed by atoms with Crippen molar-refractivity contribution in [2.75, 3.05) is 16.0 Å². The highest BCUT2D eigenvalue weighted by molar-refractivity contribution is 8.01. The number of anilines is 2. The van der Waals surface area contributed by atoms with E-state index in [-0.39, 0.29) is 29.0 Å². The number of nitriles is 1. The Morgan fingerprint density at radius 1 is 1.23 bits per heavy atom. The molecule has 5 rings (SSSR count). The number of amides is 1. The van der Waals surface area contributed by atoms with E-state index in [1.807, 2.05) is 24.3 Å². The van der Waals surface area contributed by atoms with E-state index < -0.39 is 11.7 Å². The zero-order valence-electron chi connectivity index (χ0n) is 22.0. The number of nitrogens with two attached hydrogens (primary N) is 1. The maximum Gasteiger partial charge on any atom is 0.234 e. The maximum absolute atomic E-state index is 13.9. The highest BCUT2D eigenvalue weighted by Gasteiger charge is 2.41. The van der Waals surface area contributed by atoms with Crippen LogP contribution in [0.3, 0.4) is 0 Å². The Morgan fingerprint density at radius 2 is 1.98 bits per heavy atom. The van der Waals surface area contributed by atoms with Crippen LogP contribution in [0.25, 0.3) is 0 Å². The predicted molar refractivity (Wildman–Crippen MR) is 154 cm³/mol. The standard InChI is InChI=1S/C29H27FN6O2S2/c1-16(2)17-10-12-18(13-11-17)25-19(14-31)27(32)36(22-8-5-9-23(37)26(22)25)28-34-35-29(40-28)39-15-24(38)33-21-7-4-3-6-20(21)30/h3-4,6-7,10-13,16,25H,5,8-9,15,32H2,1-2H3,(H,33,38). The first-order chi connectivity index (χ1) is 19.3. The number of allylic oxidation sites excluding steroid dienone is 3. The molecule has 3 N–H and O–H groups in total. The van der Waals surface area contributed by atoms with Gasteiger partial charge in [-0.3, -0.25) is 14.5 Å². The molecule has 1 aromatic heterocycles. The summed E-state index contributed by atoms with van der Waals surface area (Å²) in [6.07, 6.45) is 1.67. The lowest BCUT2D eigenvalue weighted by molar-refractivity contribution is -0.116. The molecule has 1 aliphatic heterocycles. The van der Waals surface area contributed by atoms with Crippen LogP contribution >= 0.6 is 23.1 Å². The SMILES string of the molecule is CC(C)c1ccc(C2C(C#N)=C(N)N(c3nnc(SCC(=O)Nc4ccccc4F)s3)C3=C2C(=O)CCC3)cc1. The van der Waals surface area contributed by atoms with E-state index in [1.54, 1.807) is 17.0 Å². The number of aromatic nitrogens is 2. The Morgan fingerprint density at radius 3 is 2.67 bits per heavy atom. The van der Waals surface area contributed by atoms with Gasteiger partial charge in [0.25, 0.3) is 0 Å². The van der Waals surface area contributed by atoms with Gasteiger partial charge in [-0.05, 0) is 42.0 Å². The van der Waals surface area contributed by atoms with Gasteiger partial charge in [-0.25, -0.2) is 4.39 Å². The van der Waals surface area contributed by atoms with Crippen molar-refractivity contribution in [3.8, 4) is 6.07 Å². The molecule has 0 radical (unpaired) electrons. The smallest absolute Gasteiger partial charge is 0.234 e. The monoisotopic (exact) mass is 574 g/mol. The van der Waals surface area contributed by atoms with Crippen molar-refractivity contribution in [2.45, 2.75) is 49.3 Å². The van der Waals surface area contributed by atoms with Gasteiger partial charge in [-0.15, -0.1) is 10.2 Å². The molecule has 0 spiro atoms. The molecule has 2 aromatic carbocycles. The third kappa shape index (κ3) is 5.37. The Balaban J connectivity index is 1.43. The van der Waals surface area contributed by atoms with Crippen LogP contribution in [-0.4, -0.2) is 27.6 Å². The van der Waals surface area contributed by atoms with Gasteiger partial charge < -0.3 is 11.1 Å². The second kappa shape index (κ2) is 11.6. The van der Waals surface area contributed by atoms with E-state index in [9.17, 15) is 19.2 Å². The molecule has 204 valence electrons. The van der Waals surface area contributed by atoms with Gasteiger partial charge in [0, 0.05) is 17.7 Å². The number of hydrogen-bond donors (Lipinski definition) is 2. The first-order valence-electron chi connectivity index (χ1n) is 12.8. The fourth-order valence-electron chi connectivity index (χ4n) is 4.94. The molecule has 0 saturated heterocycles. The summed E-state index contributed by atoms with van der Waals surface area (Å²) in [5.74, 6) is -0.877. The minimum atomic E-state index is -0.547. The number of carbonyl (C=O) groups excluding carboxylic acids is 2. The Bertz CT molecular complexity index is 1570. The molecule has 40 heavy (non-hydrogen) atoms. The van der Waals surface area contributed by atoms with E-state index >= 15 is 0 Å². The third-order valence-corrected chi connectivity index (χ3v) is 8.95. The van der Waals surface area contributed by atoms with E-state index in [4.69, 9.17) is 5.73 Å². The summed E-state index contributed by atoms with van der Waals surface area (Å²) < 4.78 is 14.4. The first-order valence-corrected chi connectivity index (χ1v) is 14.6. The first kappa shape index (κ1) is 27.6. The van der Waals surface area contributed by atoms with Crippen LogP contribution in [0.15, 0.2) is 75.5 Å². The van der Waals surface area contributed by atoms with Crippen LogP contribution in [0.1, 0.15) is 56.1 Å². The van der Waals surface area contributed by atoms with Crippen LogP contribution in [-0.2, 0) is 9.59 Å². The van der Waals surface area contributed by atoms with E-state index in [2.05, 4.69) is 35.4 Å². The fourth-order valence-corrected chi connectivity index (χ4v) is 6.62. The lowest BCUT2D eigenvalue weighted by Gasteiger charge is -2.38. The van der Waals surface area contributed by atoms with Gasteiger partial charge in [0.1, 0.15) is 11.6 Å². The molecule has 0 bridgehead atoms. The molecule has 1 unspecified atom stereocenters. The average molecular weight is 575 g/mol. The van der Waals surface area contributed by atoms with Crippen molar-refractivity contribution in [1.82, 2.24) is 10.2 Å². The average Bonchev–Trinajstić information content (AvgIpc) is 3.41. The Hall–Kier alpha value is -4.01. The summed E-state index contributed by atoms with van der Waals surface area (Å²) in [7, 11) is 0. The zero-order chi connectivity index (χ0) is 28.4. The van der Waals surface area contributed by atoms with Gasteiger partial charge in [0.05, 0.1) is 29.0 Å². The highest BCUT2D eigenvalue weighted by Crippen LogP contribution is 2.47. The van der Waals surface area contributed by atoms with Gasteiger partial charge >= 0.3 is 0 Å². The Labute approximate surface area is 239 Å². The number of ketones is 1. The van der Waals surface area contributed by atoms with E-state index in [0.29, 0.717) is 45.8 Å². The third-order valence-electron chi connectivity index (χ3n) is 6.91. The van der Waals surface area contributed by atoms with Gasteiger partial charge in [-0.1, -0.05) is 73.3 Å². The normalized spacial score (nSPS) is 17.2. The van der Waals surface area contributed by atoms with Crippen molar-refractivity contribution >= 4 is 45.6 Å². The zero-order valence-corrected chi connectivity index (χ0v) is 23.6.